The molecule has 0 heterocycles. The lowest BCUT2D eigenvalue weighted by molar-refractivity contribution is 0.0510. The molecule has 4 nitrogen and oxygen atoms in total. The number of rotatable bonds is 6. The molecule has 0 radical (unpaired) electrons. The van der Waals surface area contributed by atoms with E-state index >= 15 is 0 Å². The summed E-state index contributed by atoms with van der Waals surface area (Å²) in [6.45, 7) is 23.1. The predicted molar refractivity (Wildman–Crippen MR) is 137 cm³/mol. The molecule has 0 aliphatic heterocycles. The van der Waals surface area contributed by atoms with Crippen LogP contribution in [0.15, 0.2) is 12.1 Å². The summed E-state index contributed by atoms with van der Waals surface area (Å²) in [5, 5.41) is -0.0135. The van der Waals surface area contributed by atoms with Gasteiger partial charge in [0.2, 0.25) is 20.4 Å². The molecule has 0 atom stereocenters. The Labute approximate surface area is 205 Å². The number of benzene rings is 1. The molecule has 0 saturated carbocycles. The summed E-state index contributed by atoms with van der Waals surface area (Å²) >= 11 is 17.3. The molecule has 0 unspecified atom stereocenters. The molecule has 0 bridgehead atoms. The van der Waals surface area contributed by atoms with Crippen molar-refractivity contribution in [2.75, 3.05) is 6.61 Å². The normalized spacial score (nSPS) is 13.7. The van der Waals surface area contributed by atoms with Gasteiger partial charge in [0, 0.05) is 11.6 Å². The van der Waals surface area contributed by atoms with Gasteiger partial charge in [-0.15, -0.1) is 0 Å². The highest BCUT2D eigenvalue weighted by atomic mass is 35.6. The molecule has 0 fully saturated rings. The number of esters is 1. The lowest BCUT2D eigenvalue weighted by Gasteiger charge is -2.38. The molecule has 9 heteroatoms. The van der Waals surface area contributed by atoms with Crippen molar-refractivity contribution in [3.05, 3.63) is 23.3 Å². The molecule has 1 aromatic carbocycles. The first kappa shape index (κ1) is 28.6. The first-order chi connectivity index (χ1) is 13.6. The van der Waals surface area contributed by atoms with Crippen molar-refractivity contribution in [2.24, 2.45) is 0 Å². The zero-order valence-corrected chi connectivity index (χ0v) is 24.9. The Morgan fingerprint density at radius 3 is 1.74 bits per heavy atom. The second kappa shape index (κ2) is 9.45. The monoisotopic (exact) mass is 526 g/mol. The molecule has 1 rings (SSSR count). The first-order valence-corrected chi connectivity index (χ1v) is 17.3. The van der Waals surface area contributed by atoms with Gasteiger partial charge in [0.25, 0.3) is 0 Å². The minimum Gasteiger partial charge on any atom is -0.543 e. The van der Waals surface area contributed by atoms with Crippen molar-refractivity contribution in [1.82, 2.24) is 0 Å². The highest BCUT2D eigenvalue weighted by molar-refractivity contribution is 6.75. The van der Waals surface area contributed by atoms with Crippen LogP contribution in [0.1, 0.15) is 57.5 Å². The summed E-state index contributed by atoms with van der Waals surface area (Å²) in [6.07, 6.45) is 0. The van der Waals surface area contributed by atoms with E-state index in [0.29, 0.717) is 22.6 Å². The number of ether oxygens (including phenoxy) is 1. The van der Waals surface area contributed by atoms with Crippen molar-refractivity contribution in [1.29, 1.82) is 0 Å². The van der Waals surface area contributed by atoms with Gasteiger partial charge in [0.05, 0.1) is 5.56 Å². The molecule has 0 aliphatic rings. The maximum Gasteiger partial charge on any atom is 0.338 e. The van der Waals surface area contributed by atoms with Crippen LogP contribution in [0, 0.1) is 6.92 Å². The van der Waals surface area contributed by atoms with Crippen molar-refractivity contribution in [3.8, 4) is 11.5 Å². The van der Waals surface area contributed by atoms with Crippen LogP contribution in [0.5, 0.6) is 11.5 Å². The van der Waals surface area contributed by atoms with E-state index in [9.17, 15) is 4.79 Å². The SMILES string of the molecule is Cc1c(O[Si](C)(C)C(C)(C)C)cc(O[Si](C)(C)C(C)(C)C)cc1C(=O)OCC(Cl)(Cl)Cl. The van der Waals surface area contributed by atoms with Crippen molar-refractivity contribution < 1.29 is 18.4 Å². The quantitative estimate of drug-likeness (QED) is 0.212. The van der Waals surface area contributed by atoms with Crippen molar-refractivity contribution >= 4 is 57.4 Å². The fraction of sp³-hybridized carbons (Fsp3) is 0.682. The summed E-state index contributed by atoms with van der Waals surface area (Å²) < 4.78 is 16.6. The van der Waals surface area contributed by atoms with Crippen LogP contribution in [0.3, 0.4) is 0 Å². The average molecular weight is 528 g/mol. The fourth-order valence-corrected chi connectivity index (χ4v) is 4.39. The van der Waals surface area contributed by atoms with Gasteiger partial charge >= 0.3 is 5.97 Å². The van der Waals surface area contributed by atoms with Gasteiger partial charge in [-0.2, -0.15) is 0 Å². The second-order valence-corrected chi connectivity index (χ2v) is 23.0. The number of hydrogen-bond acceptors (Lipinski definition) is 4. The lowest BCUT2D eigenvalue weighted by Crippen LogP contribution is -2.44. The van der Waals surface area contributed by atoms with Gasteiger partial charge < -0.3 is 13.6 Å². The number of alkyl halides is 3. The van der Waals surface area contributed by atoms with E-state index in [1.54, 1.807) is 6.07 Å². The molecule has 178 valence electrons. The van der Waals surface area contributed by atoms with Gasteiger partial charge in [0.15, 0.2) is 0 Å². The molecule has 0 N–H and O–H groups in total. The van der Waals surface area contributed by atoms with Gasteiger partial charge in [-0.25, -0.2) is 4.79 Å². The Kier molecular flexibility index (Phi) is 8.73. The van der Waals surface area contributed by atoms with E-state index in [4.69, 9.17) is 48.4 Å². The van der Waals surface area contributed by atoms with E-state index in [-0.39, 0.29) is 16.7 Å². The van der Waals surface area contributed by atoms with Crippen LogP contribution in [0.25, 0.3) is 0 Å². The van der Waals surface area contributed by atoms with Crippen LogP contribution >= 0.6 is 34.8 Å². The third-order valence-corrected chi connectivity index (χ3v) is 15.3. The summed E-state index contributed by atoms with van der Waals surface area (Å²) in [7, 11) is -4.31. The van der Waals surface area contributed by atoms with Crippen LogP contribution in [-0.2, 0) is 4.74 Å². The molecule has 0 aromatic heterocycles. The summed E-state index contributed by atoms with van der Waals surface area (Å²) in [5.74, 6) is 0.639. The molecule has 31 heavy (non-hydrogen) atoms. The number of halogens is 3. The molecule has 0 amide bonds. The highest BCUT2D eigenvalue weighted by Gasteiger charge is 2.41. The Morgan fingerprint density at radius 1 is 0.871 bits per heavy atom. The van der Waals surface area contributed by atoms with E-state index in [0.717, 1.165) is 0 Å². The van der Waals surface area contributed by atoms with Gasteiger partial charge in [0.1, 0.15) is 18.1 Å². The van der Waals surface area contributed by atoms with Gasteiger partial charge in [-0.3, -0.25) is 0 Å². The van der Waals surface area contributed by atoms with Crippen LogP contribution < -0.4 is 8.85 Å². The molecule has 0 saturated heterocycles. The molecular weight excluding hydrogens is 491 g/mol. The van der Waals surface area contributed by atoms with E-state index in [1.807, 2.05) is 13.0 Å². The summed E-state index contributed by atoms with van der Waals surface area (Å²) in [4.78, 5) is 12.9. The van der Waals surface area contributed by atoms with Crippen molar-refractivity contribution in [3.63, 3.8) is 0 Å². The fourth-order valence-electron chi connectivity index (χ4n) is 2.14. The highest BCUT2D eigenvalue weighted by Crippen LogP contribution is 2.42. The van der Waals surface area contributed by atoms with E-state index in [1.165, 1.54) is 0 Å². The van der Waals surface area contributed by atoms with E-state index < -0.39 is 26.4 Å². The Morgan fingerprint density at radius 2 is 1.32 bits per heavy atom. The van der Waals surface area contributed by atoms with Gasteiger partial charge in [-0.1, -0.05) is 76.3 Å². The minimum absolute atomic E-state index is 0.00547. The van der Waals surface area contributed by atoms with Crippen LogP contribution in [0.2, 0.25) is 36.3 Å². The van der Waals surface area contributed by atoms with Crippen LogP contribution in [-0.4, -0.2) is 33.0 Å². The standard InChI is InChI=1S/C22H37Cl3O4Si2/c1-15-17(19(26)27-14-22(23,24)25)12-16(28-30(8,9)20(2,3)4)13-18(15)29-31(10,11)21(5,6)7/h12-13H,14H2,1-11H3. The zero-order valence-electron chi connectivity index (χ0n) is 20.6. The maximum absolute atomic E-state index is 12.9. The van der Waals surface area contributed by atoms with Gasteiger partial charge in [-0.05, 0) is 49.3 Å². The smallest absolute Gasteiger partial charge is 0.338 e. The number of carbonyl (C=O) groups excluding carboxylic acids is 1. The first-order valence-electron chi connectivity index (χ1n) is 10.3. The summed E-state index contributed by atoms with van der Waals surface area (Å²) in [5.41, 5.74) is 1.03. The third kappa shape index (κ3) is 7.85. The lowest BCUT2D eigenvalue weighted by atomic mass is 10.1. The average Bonchev–Trinajstić information content (AvgIpc) is 2.52. The Bertz CT molecular complexity index is 805. The predicted octanol–water partition coefficient (Wildman–Crippen LogP) is 8.29. The molecule has 0 spiro atoms. The molecule has 0 aliphatic carbocycles. The molecular formula is C22H37Cl3O4Si2. The van der Waals surface area contributed by atoms with Crippen LogP contribution in [0.4, 0.5) is 0 Å². The minimum atomic E-state index is -2.16. The third-order valence-electron chi connectivity index (χ3n) is 6.27. The Balaban J connectivity index is 3.50. The summed E-state index contributed by atoms with van der Waals surface area (Å²) in [6, 6.07) is 3.59. The number of hydrogen-bond donors (Lipinski definition) is 0. The Hall–Kier alpha value is -0.406. The van der Waals surface area contributed by atoms with E-state index in [2.05, 4.69) is 67.7 Å². The van der Waals surface area contributed by atoms with Crippen molar-refractivity contribution in [2.45, 2.75) is 88.5 Å². The second-order valence-electron chi connectivity index (χ2n) is 11.0. The topological polar surface area (TPSA) is 44.8 Å². The zero-order chi connectivity index (χ0) is 24.6. The number of carbonyl (C=O) groups is 1. The maximum atomic E-state index is 12.9. The largest absolute Gasteiger partial charge is 0.543 e. The molecule has 1 aromatic rings.